The number of rotatable bonds is 2. The van der Waals surface area contributed by atoms with Gasteiger partial charge in [0.25, 0.3) is 5.91 Å². The molecule has 2 aliphatic heterocycles. The Hall–Kier alpha value is -1.98. The average Bonchev–Trinajstić information content (AvgIpc) is 3.18. The lowest BCUT2D eigenvalue weighted by Gasteiger charge is -2.36. The molecular weight excluding hydrogens is 318 g/mol. The first kappa shape index (κ1) is 15.5. The zero-order valence-electron chi connectivity index (χ0n) is 14.0. The van der Waals surface area contributed by atoms with Gasteiger partial charge in [-0.25, -0.2) is 4.98 Å². The van der Waals surface area contributed by atoms with Gasteiger partial charge >= 0.3 is 0 Å². The number of anilines is 1. The van der Waals surface area contributed by atoms with Crippen molar-refractivity contribution in [2.24, 2.45) is 0 Å². The van der Waals surface area contributed by atoms with E-state index >= 15 is 0 Å². The highest BCUT2D eigenvalue weighted by molar-refractivity contribution is 7.10. The second-order valence-electron chi connectivity index (χ2n) is 6.70. The van der Waals surface area contributed by atoms with Crippen LogP contribution in [-0.2, 0) is 4.79 Å². The van der Waals surface area contributed by atoms with E-state index in [4.69, 9.17) is 0 Å². The molecule has 5 heteroatoms. The van der Waals surface area contributed by atoms with Gasteiger partial charge in [0.2, 0.25) is 0 Å². The minimum Gasteiger partial charge on any atom is -0.306 e. The van der Waals surface area contributed by atoms with Crippen LogP contribution in [0.15, 0.2) is 35.9 Å². The molecule has 0 unspecified atom stereocenters. The first-order chi connectivity index (χ1) is 11.6. The third kappa shape index (κ3) is 2.68. The Labute approximate surface area is 146 Å². The van der Waals surface area contributed by atoms with Crippen molar-refractivity contribution in [2.75, 3.05) is 25.0 Å². The summed E-state index contributed by atoms with van der Waals surface area (Å²) in [4.78, 5) is 21.5. The van der Waals surface area contributed by atoms with Gasteiger partial charge in [0, 0.05) is 41.8 Å². The fourth-order valence-electron chi connectivity index (χ4n) is 3.91. The van der Waals surface area contributed by atoms with Gasteiger partial charge in [-0.3, -0.25) is 4.79 Å². The number of likely N-dealkylation sites (N-methyl/N-ethyl adjacent to an activating group) is 1. The van der Waals surface area contributed by atoms with E-state index in [-0.39, 0.29) is 11.9 Å². The molecule has 1 aromatic carbocycles. The summed E-state index contributed by atoms with van der Waals surface area (Å²) < 4.78 is 0. The molecule has 0 aliphatic carbocycles. The summed E-state index contributed by atoms with van der Waals surface area (Å²) in [5.41, 5.74) is 3.66. The van der Waals surface area contributed by atoms with Crippen LogP contribution >= 0.6 is 11.3 Å². The second kappa shape index (κ2) is 6.15. The SMILES string of the molecule is Cc1ccc2c(c1)[C@@H]1CN(C)CC[C@H]1N2C(=O)/C=C/c1nccs1. The summed E-state index contributed by atoms with van der Waals surface area (Å²) in [6, 6.07) is 6.73. The van der Waals surface area contributed by atoms with Crippen LogP contribution in [0.5, 0.6) is 0 Å². The lowest BCUT2D eigenvalue weighted by molar-refractivity contribution is -0.114. The average molecular weight is 339 g/mol. The molecule has 24 heavy (non-hydrogen) atoms. The van der Waals surface area contributed by atoms with Crippen LogP contribution in [0.25, 0.3) is 6.08 Å². The minimum atomic E-state index is 0.0624. The van der Waals surface area contributed by atoms with E-state index in [1.807, 2.05) is 16.4 Å². The lowest BCUT2D eigenvalue weighted by Crippen LogP contribution is -2.46. The largest absolute Gasteiger partial charge is 0.306 e. The van der Waals surface area contributed by atoms with Gasteiger partial charge in [0.15, 0.2) is 0 Å². The van der Waals surface area contributed by atoms with Gasteiger partial charge in [0.1, 0.15) is 5.01 Å². The highest BCUT2D eigenvalue weighted by atomic mass is 32.1. The Balaban J connectivity index is 1.68. The number of hydrogen-bond donors (Lipinski definition) is 0. The number of fused-ring (bicyclic) bond motifs is 3. The molecule has 4 rings (SSSR count). The van der Waals surface area contributed by atoms with E-state index in [0.29, 0.717) is 5.92 Å². The first-order valence-corrected chi connectivity index (χ1v) is 9.21. The molecule has 1 saturated heterocycles. The third-order valence-electron chi connectivity index (χ3n) is 5.01. The maximum Gasteiger partial charge on any atom is 0.251 e. The number of aromatic nitrogens is 1. The fourth-order valence-corrected chi connectivity index (χ4v) is 4.44. The Kier molecular flexibility index (Phi) is 3.98. The number of piperidine rings is 1. The summed E-state index contributed by atoms with van der Waals surface area (Å²) in [5, 5.41) is 2.79. The van der Waals surface area contributed by atoms with Gasteiger partial charge < -0.3 is 9.80 Å². The van der Waals surface area contributed by atoms with E-state index < -0.39 is 0 Å². The molecule has 4 nitrogen and oxygen atoms in total. The number of likely N-dealkylation sites (tertiary alicyclic amines) is 1. The van der Waals surface area contributed by atoms with E-state index in [1.54, 1.807) is 23.6 Å². The van der Waals surface area contributed by atoms with Crippen LogP contribution in [0.2, 0.25) is 0 Å². The molecule has 1 aromatic heterocycles. The number of hydrogen-bond acceptors (Lipinski definition) is 4. The molecule has 2 aliphatic rings. The number of benzene rings is 1. The molecule has 0 saturated carbocycles. The molecular formula is C19H21N3OS. The Bertz CT molecular complexity index is 784. The summed E-state index contributed by atoms with van der Waals surface area (Å²) in [5.74, 6) is 0.475. The zero-order valence-corrected chi connectivity index (χ0v) is 14.8. The molecule has 0 N–H and O–H groups in total. The number of carbonyl (C=O) groups excluding carboxylic acids is 1. The van der Waals surface area contributed by atoms with E-state index in [9.17, 15) is 4.79 Å². The van der Waals surface area contributed by atoms with Crippen molar-refractivity contribution in [3.8, 4) is 0 Å². The van der Waals surface area contributed by atoms with Crippen molar-refractivity contribution >= 4 is 29.0 Å². The number of aryl methyl sites for hydroxylation is 1. The molecule has 0 bridgehead atoms. The molecule has 2 aromatic rings. The molecule has 124 valence electrons. The number of nitrogens with zero attached hydrogens (tertiary/aromatic N) is 3. The van der Waals surface area contributed by atoms with Gasteiger partial charge in [0.05, 0.1) is 0 Å². The quantitative estimate of drug-likeness (QED) is 0.788. The molecule has 1 fully saturated rings. The van der Waals surface area contributed by atoms with Crippen LogP contribution in [0.4, 0.5) is 5.69 Å². The molecule has 3 heterocycles. The molecule has 1 amide bonds. The lowest BCUT2D eigenvalue weighted by atomic mass is 9.89. The van der Waals surface area contributed by atoms with Crippen molar-refractivity contribution in [3.63, 3.8) is 0 Å². The molecule has 2 atom stereocenters. The van der Waals surface area contributed by atoms with E-state index in [2.05, 4.69) is 42.1 Å². The first-order valence-electron chi connectivity index (χ1n) is 8.33. The third-order valence-corrected chi connectivity index (χ3v) is 5.75. The predicted octanol–water partition coefficient (Wildman–Crippen LogP) is 3.30. The van der Waals surface area contributed by atoms with Crippen molar-refractivity contribution in [1.82, 2.24) is 9.88 Å². The summed E-state index contributed by atoms with van der Waals surface area (Å²) in [6.45, 7) is 4.17. The summed E-state index contributed by atoms with van der Waals surface area (Å²) in [7, 11) is 2.17. The summed E-state index contributed by atoms with van der Waals surface area (Å²) in [6.07, 6.45) is 6.27. The van der Waals surface area contributed by atoms with Gasteiger partial charge in [-0.2, -0.15) is 0 Å². The maximum absolute atomic E-state index is 12.9. The number of carbonyl (C=O) groups is 1. The molecule has 0 radical (unpaired) electrons. The van der Waals surface area contributed by atoms with Crippen molar-refractivity contribution in [3.05, 3.63) is 52.0 Å². The fraction of sp³-hybridized carbons (Fsp3) is 0.368. The highest BCUT2D eigenvalue weighted by Crippen LogP contribution is 2.45. The van der Waals surface area contributed by atoms with Crippen LogP contribution < -0.4 is 4.90 Å². The van der Waals surface area contributed by atoms with Gasteiger partial charge in [-0.05, 0) is 44.6 Å². The van der Waals surface area contributed by atoms with Crippen LogP contribution in [0.3, 0.4) is 0 Å². The van der Waals surface area contributed by atoms with Gasteiger partial charge in [-0.1, -0.05) is 17.7 Å². The second-order valence-corrected chi connectivity index (χ2v) is 7.63. The minimum absolute atomic E-state index is 0.0624. The van der Waals surface area contributed by atoms with Crippen LogP contribution in [0.1, 0.15) is 28.5 Å². The number of thiazole rings is 1. The Morgan fingerprint density at radius 3 is 3.08 bits per heavy atom. The zero-order chi connectivity index (χ0) is 16.7. The predicted molar refractivity (Wildman–Crippen MR) is 98.5 cm³/mol. The normalized spacial score (nSPS) is 23.5. The van der Waals surface area contributed by atoms with Crippen molar-refractivity contribution in [2.45, 2.75) is 25.3 Å². The van der Waals surface area contributed by atoms with Crippen LogP contribution in [-0.4, -0.2) is 42.0 Å². The summed E-state index contributed by atoms with van der Waals surface area (Å²) >= 11 is 1.54. The number of amides is 1. The van der Waals surface area contributed by atoms with Crippen molar-refractivity contribution in [1.29, 1.82) is 0 Å². The van der Waals surface area contributed by atoms with Gasteiger partial charge in [-0.15, -0.1) is 11.3 Å². The Morgan fingerprint density at radius 1 is 1.42 bits per heavy atom. The highest BCUT2D eigenvalue weighted by Gasteiger charge is 2.43. The molecule has 0 spiro atoms. The van der Waals surface area contributed by atoms with Crippen molar-refractivity contribution < 1.29 is 4.79 Å². The monoisotopic (exact) mass is 339 g/mol. The topological polar surface area (TPSA) is 36.4 Å². The van der Waals surface area contributed by atoms with Crippen LogP contribution in [0, 0.1) is 6.92 Å². The Morgan fingerprint density at radius 2 is 2.29 bits per heavy atom. The van der Waals surface area contributed by atoms with E-state index in [0.717, 1.165) is 30.2 Å². The maximum atomic E-state index is 12.9. The smallest absolute Gasteiger partial charge is 0.251 e. The standard InChI is InChI=1S/C19H21N3OS/c1-13-3-4-16-14(11-13)15-12-21(2)9-7-17(15)22(16)19(23)6-5-18-20-8-10-24-18/h3-6,8,10-11,15,17H,7,9,12H2,1-2H3/b6-5+/t15-,17+/m0/s1. The van der Waals surface area contributed by atoms with E-state index in [1.165, 1.54) is 11.1 Å².